The van der Waals surface area contributed by atoms with E-state index in [1.165, 1.54) is 0 Å². The molecule has 0 amide bonds. The van der Waals surface area contributed by atoms with E-state index in [0.717, 1.165) is 0 Å². The summed E-state index contributed by atoms with van der Waals surface area (Å²) in [4.78, 5) is 0. The molecule has 0 radical (unpaired) electrons. The van der Waals surface area contributed by atoms with Gasteiger partial charge in [-0.3, -0.25) is 0 Å². The maximum absolute atomic E-state index is 13.6. The Morgan fingerprint density at radius 3 is 1.46 bits per heavy atom. The van der Waals surface area contributed by atoms with E-state index in [2.05, 4.69) is 0 Å². The summed E-state index contributed by atoms with van der Waals surface area (Å²) in [6.07, 6.45) is -6.43. The fourth-order valence-corrected chi connectivity index (χ4v) is 1.95. The van der Waals surface area contributed by atoms with Gasteiger partial charge in [-0.2, -0.15) is 48.3 Å². The minimum atomic E-state index is -7.31. The van der Waals surface area contributed by atoms with Crippen LogP contribution in [0.2, 0.25) is 0 Å². The van der Waals surface area contributed by atoms with Crippen LogP contribution in [0, 0.1) is 5.92 Å². The quantitative estimate of drug-likeness (QED) is 0.308. The molecule has 0 aliphatic rings. The summed E-state index contributed by atoms with van der Waals surface area (Å²) in [5.41, 5.74) is 0. The van der Waals surface area contributed by atoms with Crippen LogP contribution >= 0.6 is 0 Å². The van der Waals surface area contributed by atoms with Gasteiger partial charge in [0.15, 0.2) is 0 Å². The summed E-state index contributed by atoms with van der Waals surface area (Å²) in [6.45, 7) is 2.15. The van der Waals surface area contributed by atoms with Gasteiger partial charge in [-0.25, -0.2) is 0 Å². The first-order valence-electron chi connectivity index (χ1n) is 7.06. The molecule has 0 aromatic heterocycles. The molecule has 0 fully saturated rings. The molecule has 0 aromatic carbocycles. The zero-order valence-electron chi connectivity index (χ0n) is 12.8. The Morgan fingerprint density at radius 1 is 0.625 bits per heavy atom. The van der Waals surface area contributed by atoms with E-state index in [1.54, 1.807) is 6.92 Å². The van der Waals surface area contributed by atoms with Crippen molar-refractivity contribution in [3.63, 3.8) is 0 Å². The number of rotatable bonds is 9. The monoisotopic (exact) mass is 382 g/mol. The lowest BCUT2D eigenvalue weighted by Crippen LogP contribution is -2.67. The minimum absolute atomic E-state index is 0.0814. The summed E-state index contributed by atoms with van der Waals surface area (Å²) >= 11 is 0. The molecule has 0 rings (SSSR count). The van der Waals surface area contributed by atoms with Gasteiger partial charge in [0.05, 0.1) is 0 Å². The molecule has 0 saturated carbocycles. The van der Waals surface area contributed by atoms with E-state index >= 15 is 0 Å². The fourth-order valence-electron chi connectivity index (χ4n) is 1.95. The molecule has 1 atom stereocenters. The third kappa shape index (κ3) is 3.89. The standard InChI is InChI=1S/C13H17F11/c1-3-4-5-6-7-8(2)9(14,15)10(16,17)11(18,19)12(20,21)13(22,23)24/h8H,3-7H2,1-2H3. The van der Waals surface area contributed by atoms with Crippen LogP contribution in [0.4, 0.5) is 48.3 Å². The average molecular weight is 382 g/mol. The van der Waals surface area contributed by atoms with Gasteiger partial charge >= 0.3 is 29.9 Å². The lowest BCUT2D eigenvalue weighted by molar-refractivity contribution is -0.426. The minimum Gasteiger partial charge on any atom is -0.199 e. The van der Waals surface area contributed by atoms with Gasteiger partial charge in [0.2, 0.25) is 0 Å². The maximum atomic E-state index is 13.6. The predicted octanol–water partition coefficient (Wildman–Crippen LogP) is 6.70. The summed E-state index contributed by atoms with van der Waals surface area (Å²) in [5.74, 6) is -29.8. The molecule has 1 unspecified atom stereocenters. The molecular weight excluding hydrogens is 365 g/mol. The zero-order chi connectivity index (χ0) is 19.6. The Labute approximate surface area is 131 Å². The van der Waals surface area contributed by atoms with Crippen molar-refractivity contribution in [2.45, 2.75) is 75.8 Å². The van der Waals surface area contributed by atoms with Gasteiger partial charge in [0.25, 0.3) is 0 Å². The SMILES string of the molecule is CCCCCCC(C)C(F)(F)C(F)(F)C(F)(F)C(F)(F)C(F)(F)F. The van der Waals surface area contributed by atoms with E-state index in [4.69, 9.17) is 0 Å². The van der Waals surface area contributed by atoms with Crippen LogP contribution in [0.15, 0.2) is 0 Å². The van der Waals surface area contributed by atoms with E-state index < -0.39 is 42.2 Å². The van der Waals surface area contributed by atoms with E-state index in [0.29, 0.717) is 26.2 Å². The van der Waals surface area contributed by atoms with Gasteiger partial charge in [-0.15, -0.1) is 0 Å². The maximum Gasteiger partial charge on any atom is 0.460 e. The first kappa shape index (κ1) is 23.2. The highest BCUT2D eigenvalue weighted by Gasteiger charge is 2.87. The van der Waals surface area contributed by atoms with Crippen molar-refractivity contribution in [1.29, 1.82) is 0 Å². The van der Waals surface area contributed by atoms with E-state index in [9.17, 15) is 48.3 Å². The summed E-state index contributed by atoms with van der Waals surface area (Å²) in [6, 6.07) is 0. The molecule has 0 saturated heterocycles. The molecule has 0 aliphatic carbocycles. The van der Waals surface area contributed by atoms with Gasteiger partial charge in [-0.1, -0.05) is 39.5 Å². The highest BCUT2D eigenvalue weighted by molar-refractivity contribution is 5.07. The van der Waals surface area contributed by atoms with Crippen LogP contribution < -0.4 is 0 Å². The third-order valence-electron chi connectivity index (χ3n) is 3.67. The van der Waals surface area contributed by atoms with Crippen LogP contribution in [0.5, 0.6) is 0 Å². The third-order valence-corrected chi connectivity index (χ3v) is 3.67. The van der Waals surface area contributed by atoms with Crippen molar-refractivity contribution in [3.05, 3.63) is 0 Å². The van der Waals surface area contributed by atoms with Crippen molar-refractivity contribution >= 4 is 0 Å². The Kier molecular flexibility index (Phi) is 7.00. The van der Waals surface area contributed by atoms with Crippen LogP contribution in [0.1, 0.15) is 46.0 Å². The summed E-state index contributed by atoms with van der Waals surface area (Å²) in [5, 5.41) is 0. The summed E-state index contributed by atoms with van der Waals surface area (Å²) < 4.78 is 141. The number of hydrogen-bond donors (Lipinski definition) is 0. The fraction of sp³-hybridized carbons (Fsp3) is 1.00. The number of halogens is 11. The smallest absolute Gasteiger partial charge is 0.199 e. The van der Waals surface area contributed by atoms with Crippen molar-refractivity contribution < 1.29 is 48.3 Å². The molecule has 0 N–H and O–H groups in total. The van der Waals surface area contributed by atoms with Crippen molar-refractivity contribution in [1.82, 2.24) is 0 Å². The molecule has 0 nitrogen and oxygen atoms in total. The molecule has 0 spiro atoms. The zero-order valence-corrected chi connectivity index (χ0v) is 12.8. The van der Waals surface area contributed by atoms with E-state index in [-0.39, 0.29) is 6.42 Å². The summed E-state index contributed by atoms with van der Waals surface area (Å²) in [7, 11) is 0. The Balaban J connectivity index is 5.52. The molecule has 0 heterocycles. The second-order valence-corrected chi connectivity index (χ2v) is 5.59. The van der Waals surface area contributed by atoms with Gasteiger partial charge in [-0.05, 0) is 6.42 Å². The van der Waals surface area contributed by atoms with Gasteiger partial charge in [0.1, 0.15) is 0 Å². The largest absolute Gasteiger partial charge is 0.460 e. The Hall–Kier alpha value is -0.770. The molecule has 24 heavy (non-hydrogen) atoms. The Bertz CT molecular complexity index is 397. The van der Waals surface area contributed by atoms with Crippen LogP contribution in [0.3, 0.4) is 0 Å². The van der Waals surface area contributed by atoms with Gasteiger partial charge < -0.3 is 0 Å². The van der Waals surface area contributed by atoms with Gasteiger partial charge in [0, 0.05) is 5.92 Å². The van der Waals surface area contributed by atoms with Crippen LogP contribution in [-0.4, -0.2) is 29.9 Å². The Morgan fingerprint density at radius 2 is 1.08 bits per heavy atom. The van der Waals surface area contributed by atoms with E-state index in [1.807, 2.05) is 0 Å². The number of alkyl halides is 11. The van der Waals surface area contributed by atoms with Crippen LogP contribution in [-0.2, 0) is 0 Å². The molecule has 0 aromatic rings. The molecular formula is C13H17F11. The van der Waals surface area contributed by atoms with Crippen LogP contribution in [0.25, 0.3) is 0 Å². The molecule has 0 aliphatic heterocycles. The normalized spacial score (nSPS) is 16.4. The number of hydrogen-bond acceptors (Lipinski definition) is 0. The lowest BCUT2D eigenvalue weighted by atomic mass is 9.87. The van der Waals surface area contributed by atoms with Crippen molar-refractivity contribution in [2.24, 2.45) is 5.92 Å². The molecule has 146 valence electrons. The topological polar surface area (TPSA) is 0 Å². The molecule has 0 bridgehead atoms. The highest BCUT2D eigenvalue weighted by atomic mass is 19.4. The highest BCUT2D eigenvalue weighted by Crippen LogP contribution is 2.59. The second-order valence-electron chi connectivity index (χ2n) is 5.59. The van der Waals surface area contributed by atoms with Crippen molar-refractivity contribution in [3.8, 4) is 0 Å². The first-order chi connectivity index (χ1) is 10.5. The second kappa shape index (κ2) is 7.23. The first-order valence-corrected chi connectivity index (χ1v) is 7.06. The predicted molar refractivity (Wildman–Crippen MR) is 63.8 cm³/mol. The number of unbranched alkanes of at least 4 members (excludes halogenated alkanes) is 3. The van der Waals surface area contributed by atoms with Crippen molar-refractivity contribution in [2.75, 3.05) is 0 Å². The lowest BCUT2D eigenvalue weighted by Gasteiger charge is -2.39. The molecule has 11 heteroatoms. The average Bonchev–Trinajstić information content (AvgIpc) is 2.41.